The fraction of sp³-hybridized carbons (Fsp3) is 0.174. The van der Waals surface area contributed by atoms with Crippen molar-refractivity contribution < 1.29 is 4.79 Å². The smallest absolute Gasteiger partial charge is 0.254 e. The highest BCUT2D eigenvalue weighted by molar-refractivity contribution is 5.94. The van der Waals surface area contributed by atoms with Crippen molar-refractivity contribution in [2.24, 2.45) is 0 Å². The average Bonchev–Trinajstić information content (AvgIpc) is 2.66. The first-order valence-corrected chi connectivity index (χ1v) is 8.66. The molecule has 3 aromatic rings. The average molecular weight is 329 g/mol. The summed E-state index contributed by atoms with van der Waals surface area (Å²) in [6, 6.07) is 28.3. The fourth-order valence-corrected chi connectivity index (χ4v) is 2.93. The summed E-state index contributed by atoms with van der Waals surface area (Å²) in [7, 11) is 0. The molecule has 1 amide bonds. The molecule has 0 fully saturated rings. The second-order valence-electron chi connectivity index (χ2n) is 6.32. The van der Waals surface area contributed by atoms with Crippen LogP contribution >= 0.6 is 0 Å². The molecule has 0 aliphatic carbocycles. The highest BCUT2D eigenvalue weighted by atomic mass is 16.2. The number of rotatable bonds is 6. The van der Waals surface area contributed by atoms with Crippen LogP contribution in [0.2, 0.25) is 0 Å². The van der Waals surface area contributed by atoms with Crippen LogP contribution in [0.4, 0.5) is 0 Å². The second-order valence-corrected chi connectivity index (χ2v) is 6.32. The van der Waals surface area contributed by atoms with Gasteiger partial charge in [0.1, 0.15) is 0 Å². The van der Waals surface area contributed by atoms with Crippen LogP contribution in [0.3, 0.4) is 0 Å². The molecule has 0 spiro atoms. The van der Waals surface area contributed by atoms with Gasteiger partial charge in [0.2, 0.25) is 0 Å². The van der Waals surface area contributed by atoms with Crippen LogP contribution < -0.4 is 0 Å². The number of nitrogens with zero attached hydrogens (tertiary/aromatic N) is 1. The van der Waals surface area contributed by atoms with Crippen molar-refractivity contribution in [3.05, 3.63) is 107 Å². The van der Waals surface area contributed by atoms with E-state index in [-0.39, 0.29) is 5.91 Å². The largest absolute Gasteiger partial charge is 0.334 e. The summed E-state index contributed by atoms with van der Waals surface area (Å²) in [6.45, 7) is 3.34. The van der Waals surface area contributed by atoms with Gasteiger partial charge in [-0.05, 0) is 36.6 Å². The van der Waals surface area contributed by atoms with Gasteiger partial charge in [-0.1, -0.05) is 78.4 Å². The van der Waals surface area contributed by atoms with E-state index >= 15 is 0 Å². The van der Waals surface area contributed by atoms with E-state index in [1.807, 2.05) is 72.5 Å². The molecule has 3 aromatic carbocycles. The molecule has 0 N–H and O–H groups in total. The number of hydrogen-bond donors (Lipinski definition) is 0. The van der Waals surface area contributed by atoms with E-state index in [1.54, 1.807) is 0 Å². The molecule has 0 aliphatic rings. The van der Waals surface area contributed by atoms with Crippen LogP contribution in [0.5, 0.6) is 0 Å². The van der Waals surface area contributed by atoms with Gasteiger partial charge in [0.15, 0.2) is 0 Å². The standard InChI is InChI=1S/C23H23NO/c1-19-9-8-14-22(17-19)23(25)24(18-21-12-6-3-7-13-21)16-15-20-10-4-2-5-11-20/h2-14,17H,15-16,18H2,1H3. The van der Waals surface area contributed by atoms with E-state index in [9.17, 15) is 4.79 Å². The third kappa shape index (κ3) is 4.80. The minimum absolute atomic E-state index is 0.0866. The van der Waals surface area contributed by atoms with E-state index in [0.29, 0.717) is 13.1 Å². The molecule has 126 valence electrons. The molecule has 2 nitrogen and oxygen atoms in total. The number of hydrogen-bond acceptors (Lipinski definition) is 1. The Labute approximate surface area is 149 Å². The van der Waals surface area contributed by atoms with E-state index in [2.05, 4.69) is 24.3 Å². The first kappa shape index (κ1) is 17.0. The van der Waals surface area contributed by atoms with Gasteiger partial charge in [-0.2, -0.15) is 0 Å². The Balaban J connectivity index is 1.79. The van der Waals surface area contributed by atoms with Gasteiger partial charge >= 0.3 is 0 Å². The molecule has 0 saturated carbocycles. The van der Waals surface area contributed by atoms with Gasteiger partial charge in [0, 0.05) is 18.7 Å². The molecule has 0 atom stereocenters. The first-order valence-electron chi connectivity index (χ1n) is 8.66. The van der Waals surface area contributed by atoms with Crippen LogP contribution in [0, 0.1) is 6.92 Å². The number of aryl methyl sites for hydroxylation is 1. The maximum atomic E-state index is 13.0. The van der Waals surface area contributed by atoms with Gasteiger partial charge in [-0.25, -0.2) is 0 Å². The van der Waals surface area contributed by atoms with Crippen molar-refractivity contribution >= 4 is 5.91 Å². The zero-order valence-electron chi connectivity index (χ0n) is 14.6. The lowest BCUT2D eigenvalue weighted by Crippen LogP contribution is -2.32. The SMILES string of the molecule is Cc1cccc(C(=O)N(CCc2ccccc2)Cc2ccccc2)c1. The van der Waals surface area contributed by atoms with Gasteiger partial charge in [0.25, 0.3) is 5.91 Å². The van der Waals surface area contributed by atoms with Crippen LogP contribution in [0.15, 0.2) is 84.9 Å². The Morgan fingerprint density at radius 2 is 1.44 bits per heavy atom. The molecule has 0 aliphatic heterocycles. The molecule has 0 heterocycles. The maximum Gasteiger partial charge on any atom is 0.254 e. The molecule has 0 unspecified atom stereocenters. The lowest BCUT2D eigenvalue weighted by molar-refractivity contribution is 0.0745. The summed E-state index contributed by atoms with van der Waals surface area (Å²) < 4.78 is 0. The fourth-order valence-electron chi connectivity index (χ4n) is 2.93. The quantitative estimate of drug-likeness (QED) is 0.631. The van der Waals surface area contributed by atoms with Crippen molar-refractivity contribution in [2.75, 3.05) is 6.54 Å². The van der Waals surface area contributed by atoms with Crippen molar-refractivity contribution in [3.8, 4) is 0 Å². The Kier molecular flexibility index (Phi) is 5.63. The third-order valence-corrected chi connectivity index (χ3v) is 4.28. The van der Waals surface area contributed by atoms with Crippen molar-refractivity contribution in [3.63, 3.8) is 0 Å². The highest BCUT2D eigenvalue weighted by Crippen LogP contribution is 2.13. The lowest BCUT2D eigenvalue weighted by atomic mass is 10.1. The van der Waals surface area contributed by atoms with Crippen LogP contribution in [-0.2, 0) is 13.0 Å². The van der Waals surface area contributed by atoms with Crippen molar-refractivity contribution in [2.45, 2.75) is 19.9 Å². The Morgan fingerprint density at radius 3 is 2.08 bits per heavy atom. The molecule has 0 bridgehead atoms. The molecular formula is C23H23NO. The zero-order valence-corrected chi connectivity index (χ0v) is 14.6. The molecule has 0 radical (unpaired) electrons. The molecule has 0 aromatic heterocycles. The Morgan fingerprint density at radius 1 is 0.800 bits per heavy atom. The summed E-state index contributed by atoms with van der Waals surface area (Å²) in [5.74, 6) is 0.0866. The van der Waals surface area contributed by atoms with Gasteiger partial charge in [-0.3, -0.25) is 4.79 Å². The summed E-state index contributed by atoms with van der Waals surface area (Å²) in [5, 5.41) is 0. The number of benzene rings is 3. The normalized spacial score (nSPS) is 10.4. The van der Waals surface area contributed by atoms with Crippen molar-refractivity contribution in [1.29, 1.82) is 0 Å². The number of amides is 1. The molecule has 2 heteroatoms. The predicted octanol–water partition coefficient (Wildman–Crippen LogP) is 4.88. The van der Waals surface area contributed by atoms with Crippen LogP contribution in [0.25, 0.3) is 0 Å². The highest BCUT2D eigenvalue weighted by Gasteiger charge is 2.16. The summed E-state index contributed by atoms with van der Waals surface area (Å²) in [5.41, 5.74) is 4.26. The molecule has 25 heavy (non-hydrogen) atoms. The third-order valence-electron chi connectivity index (χ3n) is 4.28. The van der Waals surface area contributed by atoms with E-state index in [4.69, 9.17) is 0 Å². The lowest BCUT2D eigenvalue weighted by Gasteiger charge is -2.23. The summed E-state index contributed by atoms with van der Waals surface area (Å²) >= 11 is 0. The predicted molar refractivity (Wildman–Crippen MR) is 103 cm³/mol. The van der Waals surface area contributed by atoms with Crippen LogP contribution in [0.1, 0.15) is 27.0 Å². The molecule has 3 rings (SSSR count). The van der Waals surface area contributed by atoms with Gasteiger partial charge in [-0.15, -0.1) is 0 Å². The molecule has 0 saturated heterocycles. The van der Waals surface area contributed by atoms with Gasteiger partial charge in [0.05, 0.1) is 0 Å². The van der Waals surface area contributed by atoms with Crippen LogP contribution in [-0.4, -0.2) is 17.4 Å². The maximum absolute atomic E-state index is 13.0. The van der Waals surface area contributed by atoms with Gasteiger partial charge < -0.3 is 4.90 Å². The van der Waals surface area contributed by atoms with E-state index in [0.717, 1.165) is 23.1 Å². The van der Waals surface area contributed by atoms with E-state index < -0.39 is 0 Å². The summed E-state index contributed by atoms with van der Waals surface area (Å²) in [4.78, 5) is 15.0. The number of carbonyl (C=O) groups excluding carboxylic acids is 1. The Bertz CT molecular complexity index is 812. The monoisotopic (exact) mass is 329 g/mol. The second kappa shape index (κ2) is 8.29. The number of carbonyl (C=O) groups is 1. The minimum atomic E-state index is 0.0866. The molecular weight excluding hydrogens is 306 g/mol. The summed E-state index contributed by atoms with van der Waals surface area (Å²) in [6.07, 6.45) is 0.852. The Hall–Kier alpha value is -2.87. The van der Waals surface area contributed by atoms with E-state index in [1.165, 1.54) is 5.56 Å². The first-order chi connectivity index (χ1) is 12.2. The van der Waals surface area contributed by atoms with Crippen molar-refractivity contribution in [1.82, 2.24) is 4.90 Å². The topological polar surface area (TPSA) is 20.3 Å². The zero-order chi connectivity index (χ0) is 17.5. The minimum Gasteiger partial charge on any atom is -0.334 e.